The van der Waals surface area contributed by atoms with Gasteiger partial charge in [0.05, 0.1) is 5.69 Å². The highest BCUT2D eigenvalue weighted by atomic mass is 35.5. The third-order valence-corrected chi connectivity index (χ3v) is 7.62. The van der Waals surface area contributed by atoms with Crippen molar-refractivity contribution in [2.24, 2.45) is 16.5 Å². The van der Waals surface area contributed by atoms with Crippen molar-refractivity contribution in [1.29, 1.82) is 0 Å². The number of carbonyl (C=O) groups is 2. The molecular weight excluding hydrogens is 630 g/mol. The summed E-state index contributed by atoms with van der Waals surface area (Å²) in [6.07, 6.45) is 3.07. The first-order valence-corrected chi connectivity index (χ1v) is 15.7. The van der Waals surface area contributed by atoms with E-state index in [0.29, 0.717) is 66.8 Å². The van der Waals surface area contributed by atoms with Gasteiger partial charge in [0.15, 0.2) is 5.96 Å². The smallest absolute Gasteiger partial charge is 0.291 e. The molecule has 0 spiro atoms. The fraction of sp³-hybridized carbons (Fsp3) is 0.303. The lowest BCUT2D eigenvalue weighted by Gasteiger charge is -2.26. The molecular formula is C33H37Cl2FN8O2. The van der Waals surface area contributed by atoms with Crippen LogP contribution in [-0.2, 0) is 11.2 Å². The molecule has 4 aromatic rings. The molecule has 0 saturated heterocycles. The standard InChI is InChI=1S/C33H37Cl2FN8O2/c1-22-40-31(42-44(22)29-19-24(34)18-25(35)20-29)32(46)41-27(12-5-6-15-39-33(37)38)21-30(45)43(28-13-3-2-4-14-28)16-8-10-23-9-7-11-26(36)17-23/h2-4,7,9,11,13-14,17-20,27H,5-6,8,10,12,15-16,21H2,1H3,(H,41,46)(H4,37,38,39). The van der Waals surface area contributed by atoms with Gasteiger partial charge in [0, 0.05) is 41.3 Å². The molecule has 1 atom stereocenters. The molecule has 2 amide bonds. The minimum Gasteiger partial charge on any atom is -0.370 e. The molecule has 4 rings (SSSR count). The van der Waals surface area contributed by atoms with E-state index < -0.39 is 11.9 Å². The van der Waals surface area contributed by atoms with E-state index in [2.05, 4.69) is 20.4 Å². The zero-order chi connectivity index (χ0) is 33.1. The summed E-state index contributed by atoms with van der Waals surface area (Å²) in [5.41, 5.74) is 13.0. The molecule has 1 aromatic heterocycles. The van der Waals surface area contributed by atoms with E-state index in [1.165, 1.54) is 16.8 Å². The monoisotopic (exact) mass is 666 g/mol. The van der Waals surface area contributed by atoms with E-state index in [1.807, 2.05) is 36.4 Å². The third-order valence-electron chi connectivity index (χ3n) is 7.18. The number of nitrogens with one attached hydrogen (secondary N) is 1. The molecule has 0 radical (unpaired) electrons. The number of hydrogen-bond acceptors (Lipinski definition) is 5. The summed E-state index contributed by atoms with van der Waals surface area (Å²) in [7, 11) is 0. The molecule has 13 heteroatoms. The third kappa shape index (κ3) is 10.3. The highest BCUT2D eigenvalue weighted by molar-refractivity contribution is 6.34. The SMILES string of the molecule is Cc1nc(C(=O)NC(CCCCN=C(N)N)CC(=O)N(CCCc2cccc(F)c2)c2ccccc2)nn1-c1cc(Cl)cc(Cl)c1. The predicted molar refractivity (Wildman–Crippen MR) is 180 cm³/mol. The summed E-state index contributed by atoms with van der Waals surface area (Å²) in [4.78, 5) is 37.4. The van der Waals surface area contributed by atoms with Crippen LogP contribution in [0, 0.1) is 12.7 Å². The number of benzene rings is 3. The Morgan fingerprint density at radius 1 is 1.00 bits per heavy atom. The van der Waals surface area contributed by atoms with Crippen LogP contribution < -0.4 is 21.7 Å². The summed E-state index contributed by atoms with van der Waals surface area (Å²) in [6.45, 7) is 2.56. The van der Waals surface area contributed by atoms with Crippen molar-refractivity contribution in [3.05, 3.63) is 106 Å². The maximum absolute atomic E-state index is 13.9. The lowest BCUT2D eigenvalue weighted by atomic mass is 10.0. The molecule has 0 aliphatic rings. The van der Waals surface area contributed by atoms with E-state index in [4.69, 9.17) is 34.7 Å². The van der Waals surface area contributed by atoms with Gasteiger partial charge in [-0.2, -0.15) is 0 Å². The number of aromatic nitrogens is 3. The fourth-order valence-electron chi connectivity index (χ4n) is 5.04. The van der Waals surface area contributed by atoms with E-state index in [-0.39, 0.29) is 29.9 Å². The number of aliphatic imine (C=N–C) groups is 1. The van der Waals surface area contributed by atoms with Crippen LogP contribution in [0.15, 0.2) is 77.8 Å². The van der Waals surface area contributed by atoms with Crippen molar-refractivity contribution in [2.75, 3.05) is 18.0 Å². The molecule has 242 valence electrons. The molecule has 0 fully saturated rings. The molecule has 0 aliphatic heterocycles. The molecule has 0 aliphatic carbocycles. The number of carbonyl (C=O) groups excluding carboxylic acids is 2. The highest BCUT2D eigenvalue weighted by Crippen LogP contribution is 2.23. The van der Waals surface area contributed by atoms with Crippen LogP contribution in [-0.4, -0.2) is 51.7 Å². The normalized spacial score (nSPS) is 11.6. The molecule has 0 saturated carbocycles. The van der Waals surface area contributed by atoms with E-state index in [0.717, 1.165) is 11.3 Å². The minimum absolute atomic E-state index is 0.00907. The molecule has 10 nitrogen and oxygen atoms in total. The van der Waals surface area contributed by atoms with Crippen LogP contribution in [0.2, 0.25) is 10.0 Å². The summed E-state index contributed by atoms with van der Waals surface area (Å²) in [6, 6.07) is 20.2. The summed E-state index contributed by atoms with van der Waals surface area (Å²) in [5.74, 6) is -0.561. The van der Waals surface area contributed by atoms with Gasteiger partial charge < -0.3 is 21.7 Å². The quantitative estimate of drug-likeness (QED) is 0.0853. The van der Waals surface area contributed by atoms with Crippen LogP contribution in [0.4, 0.5) is 10.1 Å². The second-order valence-electron chi connectivity index (χ2n) is 10.8. The molecule has 0 bridgehead atoms. The Labute approximate surface area is 277 Å². The van der Waals surface area contributed by atoms with E-state index in [9.17, 15) is 14.0 Å². The maximum atomic E-state index is 13.9. The van der Waals surface area contributed by atoms with Gasteiger partial charge in [0.1, 0.15) is 11.6 Å². The minimum atomic E-state index is -0.526. The maximum Gasteiger partial charge on any atom is 0.291 e. The first kappa shape index (κ1) is 34.4. The predicted octanol–water partition coefficient (Wildman–Crippen LogP) is 5.62. The number of unbranched alkanes of at least 4 members (excludes halogenated alkanes) is 1. The van der Waals surface area contributed by atoms with Crippen LogP contribution >= 0.6 is 23.2 Å². The molecule has 1 heterocycles. The van der Waals surface area contributed by atoms with Gasteiger partial charge in [-0.15, -0.1) is 5.10 Å². The lowest BCUT2D eigenvalue weighted by Crippen LogP contribution is -2.41. The zero-order valence-corrected chi connectivity index (χ0v) is 27.0. The van der Waals surface area contributed by atoms with Gasteiger partial charge in [-0.3, -0.25) is 14.6 Å². The Bertz CT molecular complexity index is 1640. The van der Waals surface area contributed by atoms with Gasteiger partial charge >= 0.3 is 0 Å². The van der Waals surface area contributed by atoms with Gasteiger partial charge in [0.25, 0.3) is 5.91 Å². The Morgan fingerprint density at radius 3 is 2.43 bits per heavy atom. The summed E-state index contributed by atoms with van der Waals surface area (Å²) in [5, 5.41) is 8.20. The van der Waals surface area contributed by atoms with Gasteiger partial charge in [0.2, 0.25) is 11.7 Å². The van der Waals surface area contributed by atoms with Crippen LogP contribution in [0.5, 0.6) is 0 Å². The van der Waals surface area contributed by atoms with Crippen molar-refractivity contribution >= 4 is 46.7 Å². The number of hydrogen-bond donors (Lipinski definition) is 3. The lowest BCUT2D eigenvalue weighted by molar-refractivity contribution is -0.119. The average molecular weight is 668 g/mol. The van der Waals surface area contributed by atoms with E-state index in [1.54, 1.807) is 36.1 Å². The Balaban J connectivity index is 1.50. The number of halogens is 3. The van der Waals surface area contributed by atoms with Crippen molar-refractivity contribution in [1.82, 2.24) is 20.1 Å². The van der Waals surface area contributed by atoms with Gasteiger partial charge in [-0.1, -0.05) is 53.5 Å². The Hall–Kier alpha value is -4.48. The second-order valence-corrected chi connectivity index (χ2v) is 11.7. The first-order chi connectivity index (χ1) is 22.1. The highest BCUT2D eigenvalue weighted by Gasteiger charge is 2.24. The first-order valence-electron chi connectivity index (χ1n) is 15.0. The van der Waals surface area contributed by atoms with Crippen molar-refractivity contribution in [3.63, 3.8) is 0 Å². The number of rotatable bonds is 15. The molecule has 3 aromatic carbocycles. The molecule has 46 heavy (non-hydrogen) atoms. The van der Waals surface area contributed by atoms with Crippen molar-refractivity contribution in [3.8, 4) is 5.69 Å². The number of amides is 2. The Morgan fingerprint density at radius 2 is 1.74 bits per heavy atom. The fourth-order valence-corrected chi connectivity index (χ4v) is 5.55. The van der Waals surface area contributed by atoms with Gasteiger partial charge in [-0.25, -0.2) is 14.1 Å². The Kier molecular flexibility index (Phi) is 12.5. The number of aryl methyl sites for hydroxylation is 2. The van der Waals surface area contributed by atoms with Crippen LogP contribution in [0.1, 0.15) is 54.1 Å². The molecule has 1 unspecified atom stereocenters. The van der Waals surface area contributed by atoms with Crippen LogP contribution in [0.25, 0.3) is 5.69 Å². The van der Waals surface area contributed by atoms with E-state index >= 15 is 0 Å². The number of nitrogens with two attached hydrogens (primary N) is 2. The van der Waals surface area contributed by atoms with Gasteiger partial charge in [-0.05, 0) is 87.1 Å². The summed E-state index contributed by atoms with van der Waals surface area (Å²) < 4.78 is 15.2. The summed E-state index contributed by atoms with van der Waals surface area (Å²) >= 11 is 12.3. The van der Waals surface area contributed by atoms with Crippen molar-refractivity contribution < 1.29 is 14.0 Å². The number of anilines is 1. The second kappa shape index (κ2) is 16.7. The average Bonchev–Trinajstić information content (AvgIpc) is 3.40. The topological polar surface area (TPSA) is 145 Å². The number of guanidine groups is 1. The zero-order valence-electron chi connectivity index (χ0n) is 25.5. The van der Waals surface area contributed by atoms with Crippen molar-refractivity contribution in [2.45, 2.75) is 51.5 Å². The largest absolute Gasteiger partial charge is 0.370 e. The number of para-hydroxylation sites is 1. The number of nitrogens with zero attached hydrogens (tertiary/aromatic N) is 5. The molecule has 5 N–H and O–H groups in total. The van der Waals surface area contributed by atoms with Crippen LogP contribution in [0.3, 0.4) is 0 Å².